The molecule has 130 valence electrons. The smallest absolute Gasteiger partial charge is 0.321 e. The van der Waals surface area contributed by atoms with Gasteiger partial charge in [0.05, 0.1) is 19.1 Å². The highest BCUT2D eigenvalue weighted by atomic mass is 32.2. The Morgan fingerprint density at radius 3 is 2.42 bits per heavy atom. The molecule has 0 amide bonds. The molecule has 0 aliphatic rings. The molecule has 2 rings (SSSR count). The van der Waals surface area contributed by atoms with Gasteiger partial charge in [0.15, 0.2) is 5.82 Å². The molecule has 2 N–H and O–H groups in total. The monoisotopic (exact) mass is 370 g/mol. The molecule has 0 aliphatic heterocycles. The van der Waals surface area contributed by atoms with E-state index < -0.39 is 10.0 Å². The van der Waals surface area contributed by atoms with Crippen LogP contribution in [0.4, 0.5) is 11.5 Å². The van der Waals surface area contributed by atoms with E-state index in [1.807, 2.05) is 0 Å². The quantitative estimate of drug-likeness (QED) is 0.607. The Labute approximate surface area is 146 Å². The molecule has 0 bridgehead atoms. The van der Waals surface area contributed by atoms with Crippen molar-refractivity contribution in [2.45, 2.75) is 4.90 Å². The Kier molecular flexibility index (Phi) is 6.10. The summed E-state index contributed by atoms with van der Waals surface area (Å²) in [6, 6.07) is 7.72. The first-order valence-electron chi connectivity index (χ1n) is 6.93. The zero-order valence-electron chi connectivity index (χ0n) is 13.2. The largest absolute Gasteiger partial charge is 0.481 e. The van der Waals surface area contributed by atoms with Crippen molar-refractivity contribution in [2.24, 2.45) is 0 Å². The molecular weight excluding hydrogens is 352 g/mol. The molecule has 0 atom stereocenters. The van der Waals surface area contributed by atoms with Crippen molar-refractivity contribution in [3.63, 3.8) is 0 Å². The van der Waals surface area contributed by atoms with Crippen molar-refractivity contribution < 1.29 is 17.9 Å². The first kappa shape index (κ1) is 18.1. The number of ether oxygens (including phenoxy) is 2. The summed E-state index contributed by atoms with van der Waals surface area (Å²) >= 11 is 4.10. The minimum absolute atomic E-state index is 0.00153. The number of hydrogen-bond donors (Lipinski definition) is 3. The highest BCUT2D eigenvalue weighted by Crippen LogP contribution is 2.21. The summed E-state index contributed by atoms with van der Waals surface area (Å²) in [6.45, 7) is 0.688. The fourth-order valence-corrected chi connectivity index (χ4v) is 2.90. The van der Waals surface area contributed by atoms with Gasteiger partial charge < -0.3 is 14.8 Å². The predicted octanol–water partition coefficient (Wildman–Crippen LogP) is 1.64. The second-order valence-electron chi connectivity index (χ2n) is 4.56. The van der Waals surface area contributed by atoms with Crippen LogP contribution in [-0.4, -0.2) is 44.9 Å². The molecule has 0 saturated carbocycles. The summed E-state index contributed by atoms with van der Waals surface area (Å²) in [7, 11) is -1.00. The summed E-state index contributed by atoms with van der Waals surface area (Å²) < 4.78 is 37.2. The molecule has 0 spiro atoms. The molecule has 1 heterocycles. The van der Waals surface area contributed by atoms with Crippen LogP contribution in [0, 0.1) is 0 Å². The third kappa shape index (κ3) is 4.65. The maximum atomic E-state index is 12.4. The van der Waals surface area contributed by atoms with E-state index >= 15 is 0 Å². The van der Waals surface area contributed by atoms with E-state index in [9.17, 15) is 8.42 Å². The highest BCUT2D eigenvalue weighted by Gasteiger charge is 2.16. The number of nitrogens with zero attached hydrogens (tertiary/aromatic N) is 2. The molecule has 10 heteroatoms. The molecule has 0 unspecified atom stereocenters. The molecule has 0 radical (unpaired) electrons. The lowest BCUT2D eigenvalue weighted by Crippen LogP contribution is -2.14. The number of nitrogens with one attached hydrogen (secondary N) is 2. The highest BCUT2D eigenvalue weighted by molar-refractivity contribution is 7.92. The average molecular weight is 370 g/mol. The van der Waals surface area contributed by atoms with Crippen molar-refractivity contribution in [3.8, 4) is 11.9 Å². The number of anilines is 2. The number of thiol groups is 1. The van der Waals surface area contributed by atoms with Crippen molar-refractivity contribution >= 4 is 34.2 Å². The van der Waals surface area contributed by atoms with Crippen LogP contribution >= 0.6 is 12.6 Å². The molecule has 0 saturated heterocycles. The minimum Gasteiger partial charge on any atom is -0.481 e. The van der Waals surface area contributed by atoms with Gasteiger partial charge in [-0.3, -0.25) is 4.72 Å². The normalized spacial score (nSPS) is 11.0. The topological polar surface area (TPSA) is 102 Å². The number of hydrogen-bond acceptors (Lipinski definition) is 8. The van der Waals surface area contributed by atoms with Crippen LogP contribution in [0.5, 0.6) is 11.9 Å². The zero-order chi connectivity index (χ0) is 17.6. The van der Waals surface area contributed by atoms with Gasteiger partial charge in [0.2, 0.25) is 5.88 Å². The van der Waals surface area contributed by atoms with Crippen LogP contribution < -0.4 is 19.5 Å². The molecule has 1 aromatic carbocycles. The number of sulfonamides is 1. The minimum atomic E-state index is -3.79. The lowest BCUT2D eigenvalue weighted by Gasteiger charge is -2.10. The summed E-state index contributed by atoms with van der Waals surface area (Å²) in [5.74, 6) is 0.917. The maximum absolute atomic E-state index is 12.4. The lowest BCUT2D eigenvalue weighted by atomic mass is 10.3. The molecule has 1 aromatic heterocycles. The van der Waals surface area contributed by atoms with Gasteiger partial charge in [0, 0.05) is 24.1 Å². The summed E-state index contributed by atoms with van der Waals surface area (Å²) in [6.07, 6.45) is 0. The number of rotatable bonds is 8. The predicted molar refractivity (Wildman–Crippen MR) is 94.7 cm³/mol. The third-order valence-corrected chi connectivity index (χ3v) is 4.51. The fraction of sp³-hybridized carbons (Fsp3) is 0.286. The molecule has 2 aromatic rings. The van der Waals surface area contributed by atoms with E-state index in [-0.39, 0.29) is 22.6 Å². The van der Waals surface area contributed by atoms with Crippen molar-refractivity contribution in [1.82, 2.24) is 9.97 Å². The van der Waals surface area contributed by atoms with E-state index in [0.29, 0.717) is 12.3 Å². The van der Waals surface area contributed by atoms with E-state index in [1.165, 1.54) is 32.4 Å². The third-order valence-electron chi connectivity index (χ3n) is 2.92. The Bertz CT molecular complexity index is 760. The van der Waals surface area contributed by atoms with Gasteiger partial charge in [0.1, 0.15) is 0 Å². The fourth-order valence-electron chi connectivity index (χ4n) is 1.80. The number of aromatic nitrogens is 2. The van der Waals surface area contributed by atoms with Crippen LogP contribution in [0.2, 0.25) is 0 Å². The molecule has 24 heavy (non-hydrogen) atoms. The van der Waals surface area contributed by atoms with Gasteiger partial charge in [-0.2, -0.15) is 22.6 Å². The molecular formula is C14H18N4O4S2. The maximum Gasteiger partial charge on any atom is 0.321 e. The Morgan fingerprint density at radius 1 is 1.12 bits per heavy atom. The summed E-state index contributed by atoms with van der Waals surface area (Å²) in [5, 5.41) is 3.11. The van der Waals surface area contributed by atoms with Crippen LogP contribution in [0.15, 0.2) is 35.2 Å². The van der Waals surface area contributed by atoms with Gasteiger partial charge in [-0.1, -0.05) is 0 Å². The SMILES string of the molecule is COc1cc(NS(=O)(=O)c2ccc(NCCS)cc2)nc(OC)n1. The van der Waals surface area contributed by atoms with Gasteiger partial charge in [0.25, 0.3) is 10.0 Å². The average Bonchev–Trinajstić information content (AvgIpc) is 2.59. The van der Waals surface area contributed by atoms with E-state index in [2.05, 4.69) is 32.6 Å². The zero-order valence-corrected chi connectivity index (χ0v) is 14.9. The van der Waals surface area contributed by atoms with Gasteiger partial charge in [-0.05, 0) is 24.3 Å². The standard InChI is InChI=1S/C14H18N4O4S2/c1-21-13-9-12(16-14(17-13)22-2)18-24(19,20)11-5-3-10(4-6-11)15-7-8-23/h3-6,9,15,23H,7-8H2,1-2H3,(H,16,17,18). The lowest BCUT2D eigenvalue weighted by molar-refractivity contribution is 0.353. The molecule has 0 fully saturated rings. The van der Waals surface area contributed by atoms with Crippen molar-refractivity contribution in [2.75, 3.05) is 36.6 Å². The van der Waals surface area contributed by atoms with E-state index in [1.54, 1.807) is 12.1 Å². The second-order valence-corrected chi connectivity index (χ2v) is 6.69. The van der Waals surface area contributed by atoms with Crippen LogP contribution in [-0.2, 0) is 10.0 Å². The van der Waals surface area contributed by atoms with E-state index in [4.69, 9.17) is 9.47 Å². The molecule has 0 aliphatic carbocycles. The molecule has 8 nitrogen and oxygen atoms in total. The number of benzene rings is 1. The number of methoxy groups -OCH3 is 2. The van der Waals surface area contributed by atoms with Crippen LogP contribution in [0.1, 0.15) is 0 Å². The Hall–Kier alpha value is -2.20. The van der Waals surface area contributed by atoms with Crippen molar-refractivity contribution in [3.05, 3.63) is 30.3 Å². The van der Waals surface area contributed by atoms with Crippen LogP contribution in [0.3, 0.4) is 0 Å². The van der Waals surface area contributed by atoms with Crippen LogP contribution in [0.25, 0.3) is 0 Å². The van der Waals surface area contributed by atoms with Crippen molar-refractivity contribution in [1.29, 1.82) is 0 Å². The Balaban J connectivity index is 2.21. The summed E-state index contributed by atoms with van der Waals surface area (Å²) in [5.41, 5.74) is 0.813. The van der Waals surface area contributed by atoms with E-state index in [0.717, 1.165) is 5.69 Å². The van der Waals surface area contributed by atoms with Gasteiger partial charge >= 0.3 is 6.01 Å². The second kappa shape index (κ2) is 8.06. The van der Waals surface area contributed by atoms with Gasteiger partial charge in [-0.25, -0.2) is 8.42 Å². The first-order chi connectivity index (χ1) is 11.5. The summed E-state index contributed by atoms with van der Waals surface area (Å²) in [4.78, 5) is 7.96. The first-order valence-corrected chi connectivity index (χ1v) is 9.04. The Morgan fingerprint density at radius 2 is 1.83 bits per heavy atom. The van der Waals surface area contributed by atoms with Gasteiger partial charge in [-0.15, -0.1) is 0 Å².